The number of nitrogens with one attached hydrogen (secondary N) is 1. The molecule has 0 aliphatic heterocycles. The summed E-state index contributed by atoms with van der Waals surface area (Å²) in [6.45, 7) is 2.92. The van der Waals surface area contributed by atoms with Crippen LogP contribution in [0.25, 0.3) is 11.1 Å². The van der Waals surface area contributed by atoms with Crippen molar-refractivity contribution in [1.82, 2.24) is 10.3 Å². The van der Waals surface area contributed by atoms with E-state index in [2.05, 4.69) is 29.4 Å². The minimum absolute atomic E-state index is 0.829. The Morgan fingerprint density at radius 3 is 2.72 bits per heavy atom. The van der Waals surface area contributed by atoms with Crippen LogP contribution in [0.15, 0.2) is 36.7 Å². The highest BCUT2D eigenvalue weighted by atomic mass is 16.5. The summed E-state index contributed by atoms with van der Waals surface area (Å²) < 4.78 is 5.22. The molecule has 94 valence electrons. The van der Waals surface area contributed by atoms with Gasteiger partial charge in [-0.15, -0.1) is 0 Å². The first-order valence-electron chi connectivity index (χ1n) is 5.98. The molecule has 0 bridgehead atoms. The summed E-state index contributed by atoms with van der Waals surface area (Å²) in [5, 5.41) is 3.14. The monoisotopic (exact) mass is 242 g/mol. The molecule has 0 aliphatic rings. The number of aromatic nitrogens is 1. The smallest absolute Gasteiger partial charge is 0.119 e. The molecule has 0 aliphatic carbocycles. The molecule has 18 heavy (non-hydrogen) atoms. The summed E-state index contributed by atoms with van der Waals surface area (Å²) in [5.74, 6) is 0.885. The van der Waals surface area contributed by atoms with E-state index < -0.39 is 0 Å². The molecule has 2 rings (SSSR count). The van der Waals surface area contributed by atoms with E-state index in [1.165, 1.54) is 16.7 Å². The first-order valence-corrected chi connectivity index (χ1v) is 5.98. The minimum Gasteiger partial charge on any atom is -0.497 e. The van der Waals surface area contributed by atoms with Gasteiger partial charge in [0.15, 0.2) is 0 Å². The average molecular weight is 242 g/mol. The molecule has 0 amide bonds. The van der Waals surface area contributed by atoms with Crippen LogP contribution < -0.4 is 10.1 Å². The van der Waals surface area contributed by atoms with E-state index in [0.717, 1.165) is 17.9 Å². The predicted molar refractivity (Wildman–Crippen MR) is 73.7 cm³/mol. The van der Waals surface area contributed by atoms with Gasteiger partial charge in [0.05, 0.1) is 7.11 Å². The molecule has 0 radical (unpaired) electrons. The van der Waals surface area contributed by atoms with Gasteiger partial charge in [-0.1, -0.05) is 6.07 Å². The van der Waals surface area contributed by atoms with Gasteiger partial charge in [-0.2, -0.15) is 0 Å². The topological polar surface area (TPSA) is 34.2 Å². The van der Waals surface area contributed by atoms with Crippen molar-refractivity contribution in [3.8, 4) is 16.9 Å². The van der Waals surface area contributed by atoms with Crippen molar-refractivity contribution in [2.75, 3.05) is 14.2 Å². The van der Waals surface area contributed by atoms with Gasteiger partial charge >= 0.3 is 0 Å². The first-order chi connectivity index (χ1) is 8.74. The van der Waals surface area contributed by atoms with Crippen molar-refractivity contribution in [3.63, 3.8) is 0 Å². The number of rotatable bonds is 4. The molecule has 3 nitrogen and oxygen atoms in total. The van der Waals surface area contributed by atoms with E-state index in [-0.39, 0.29) is 0 Å². The lowest BCUT2D eigenvalue weighted by atomic mass is 10.0. The first kappa shape index (κ1) is 12.6. The number of methoxy groups -OCH3 is 1. The lowest BCUT2D eigenvalue weighted by Crippen LogP contribution is -2.05. The third kappa shape index (κ3) is 2.68. The molecule has 0 unspecified atom stereocenters. The van der Waals surface area contributed by atoms with Crippen LogP contribution in [0, 0.1) is 6.92 Å². The van der Waals surface area contributed by atoms with Crippen molar-refractivity contribution in [2.45, 2.75) is 13.5 Å². The van der Waals surface area contributed by atoms with Crippen LogP contribution in [-0.4, -0.2) is 19.1 Å². The fourth-order valence-electron chi connectivity index (χ4n) is 2.02. The summed E-state index contributed by atoms with van der Waals surface area (Å²) in [7, 11) is 3.62. The molecule has 1 aromatic heterocycles. The van der Waals surface area contributed by atoms with Crippen LogP contribution in [0.3, 0.4) is 0 Å². The molecule has 2 aromatic rings. The summed E-state index contributed by atoms with van der Waals surface area (Å²) in [5.41, 5.74) is 4.71. The number of benzene rings is 1. The van der Waals surface area contributed by atoms with Crippen molar-refractivity contribution < 1.29 is 4.74 Å². The van der Waals surface area contributed by atoms with Crippen LogP contribution in [0.4, 0.5) is 0 Å². The quantitative estimate of drug-likeness (QED) is 0.895. The van der Waals surface area contributed by atoms with Gasteiger partial charge in [0.25, 0.3) is 0 Å². The Morgan fingerprint density at radius 2 is 2.06 bits per heavy atom. The number of hydrogen-bond acceptors (Lipinski definition) is 3. The summed E-state index contributed by atoms with van der Waals surface area (Å²) in [6, 6.07) is 8.26. The molecule has 0 saturated carbocycles. The van der Waals surface area contributed by atoms with Crippen molar-refractivity contribution >= 4 is 0 Å². The van der Waals surface area contributed by atoms with Crippen LogP contribution in [0.5, 0.6) is 5.75 Å². The zero-order chi connectivity index (χ0) is 13.0. The summed E-state index contributed by atoms with van der Waals surface area (Å²) in [6.07, 6.45) is 3.78. The summed E-state index contributed by atoms with van der Waals surface area (Å²) >= 11 is 0. The standard InChI is InChI=1S/C15H18N2O/c1-11-6-14(18-3)4-5-15(11)13-7-12(8-16-2)9-17-10-13/h4-7,9-10,16H,8H2,1-3H3. The second-order valence-corrected chi connectivity index (χ2v) is 4.29. The number of pyridine rings is 1. The Bertz CT molecular complexity index is 538. The molecule has 0 fully saturated rings. The lowest BCUT2D eigenvalue weighted by Gasteiger charge is -2.09. The number of aryl methyl sites for hydroxylation is 1. The van der Waals surface area contributed by atoms with Gasteiger partial charge in [-0.05, 0) is 48.9 Å². The Hall–Kier alpha value is -1.87. The Kier molecular flexibility index (Phi) is 3.95. The SMILES string of the molecule is CNCc1cncc(-c2ccc(OC)cc2C)c1. The third-order valence-electron chi connectivity index (χ3n) is 2.92. The fraction of sp³-hybridized carbons (Fsp3) is 0.267. The molecule has 1 aromatic carbocycles. The van der Waals surface area contributed by atoms with Crippen molar-refractivity contribution in [1.29, 1.82) is 0 Å². The van der Waals surface area contributed by atoms with Gasteiger partial charge in [0.1, 0.15) is 5.75 Å². The van der Waals surface area contributed by atoms with Crippen LogP contribution in [0.1, 0.15) is 11.1 Å². The molecule has 1 N–H and O–H groups in total. The Labute approximate surface area is 108 Å². The molecule has 0 atom stereocenters. The minimum atomic E-state index is 0.829. The molecule has 0 saturated heterocycles. The van der Waals surface area contributed by atoms with Crippen molar-refractivity contribution in [3.05, 3.63) is 47.8 Å². The normalized spacial score (nSPS) is 10.4. The van der Waals surface area contributed by atoms with Crippen molar-refractivity contribution in [2.24, 2.45) is 0 Å². The zero-order valence-corrected chi connectivity index (χ0v) is 11.0. The maximum atomic E-state index is 5.22. The number of hydrogen-bond donors (Lipinski definition) is 1. The van der Waals surface area contributed by atoms with Crippen LogP contribution in [0.2, 0.25) is 0 Å². The van der Waals surface area contributed by atoms with E-state index in [4.69, 9.17) is 4.74 Å². The molecular formula is C15H18N2O. The molecule has 1 heterocycles. The van der Waals surface area contributed by atoms with Gasteiger partial charge in [-0.3, -0.25) is 4.98 Å². The highest BCUT2D eigenvalue weighted by Gasteiger charge is 2.04. The van der Waals surface area contributed by atoms with Gasteiger partial charge in [-0.25, -0.2) is 0 Å². The maximum absolute atomic E-state index is 5.22. The van der Waals surface area contributed by atoms with Crippen LogP contribution in [-0.2, 0) is 6.54 Å². The number of nitrogens with zero attached hydrogens (tertiary/aromatic N) is 1. The fourth-order valence-corrected chi connectivity index (χ4v) is 2.02. The summed E-state index contributed by atoms with van der Waals surface area (Å²) in [4.78, 5) is 4.29. The third-order valence-corrected chi connectivity index (χ3v) is 2.92. The van der Waals surface area contributed by atoms with E-state index >= 15 is 0 Å². The van der Waals surface area contributed by atoms with Crippen LogP contribution >= 0.6 is 0 Å². The lowest BCUT2D eigenvalue weighted by molar-refractivity contribution is 0.414. The highest BCUT2D eigenvalue weighted by Crippen LogP contribution is 2.26. The van der Waals surface area contributed by atoms with E-state index in [0.29, 0.717) is 0 Å². The Balaban J connectivity index is 2.38. The number of ether oxygens (including phenoxy) is 1. The second-order valence-electron chi connectivity index (χ2n) is 4.29. The van der Waals surface area contributed by atoms with E-state index in [1.807, 2.05) is 31.6 Å². The zero-order valence-electron chi connectivity index (χ0n) is 11.0. The largest absolute Gasteiger partial charge is 0.497 e. The molecule has 0 spiro atoms. The maximum Gasteiger partial charge on any atom is 0.119 e. The predicted octanol–water partition coefficient (Wildman–Crippen LogP) is 2.79. The highest BCUT2D eigenvalue weighted by molar-refractivity contribution is 5.67. The Morgan fingerprint density at radius 1 is 1.22 bits per heavy atom. The molecule has 3 heteroatoms. The van der Waals surface area contributed by atoms with Gasteiger partial charge in [0, 0.05) is 24.5 Å². The van der Waals surface area contributed by atoms with Gasteiger partial charge < -0.3 is 10.1 Å². The van der Waals surface area contributed by atoms with Gasteiger partial charge in [0.2, 0.25) is 0 Å². The van der Waals surface area contributed by atoms with E-state index in [1.54, 1.807) is 7.11 Å². The molecular weight excluding hydrogens is 224 g/mol. The second kappa shape index (κ2) is 5.65. The van der Waals surface area contributed by atoms with E-state index in [9.17, 15) is 0 Å². The average Bonchev–Trinajstić information content (AvgIpc) is 2.39.